The summed E-state index contributed by atoms with van der Waals surface area (Å²) in [6.07, 6.45) is 4.67. The van der Waals surface area contributed by atoms with Gasteiger partial charge in [0.2, 0.25) is 11.8 Å². The number of rotatable bonds is 10. The van der Waals surface area contributed by atoms with E-state index in [1.165, 1.54) is 6.92 Å². The van der Waals surface area contributed by atoms with Crippen LogP contribution in [0.5, 0.6) is 5.75 Å². The van der Waals surface area contributed by atoms with Crippen LogP contribution in [0.4, 0.5) is 0 Å². The molecule has 3 N–H and O–H groups in total. The summed E-state index contributed by atoms with van der Waals surface area (Å²) in [5, 5.41) is 14.3. The average Bonchev–Trinajstić information content (AvgIpc) is 3.16. The Balaban J connectivity index is 1.80. The molecule has 0 heterocycles. The SMILES string of the molecule is CC(=O)NC(C(=O)NCc1ccc(OCCCC(=O)O)cc1)C1CCCC1. The van der Waals surface area contributed by atoms with Gasteiger partial charge in [0.05, 0.1) is 6.61 Å². The van der Waals surface area contributed by atoms with Crippen LogP contribution >= 0.6 is 0 Å². The molecule has 1 saturated carbocycles. The first-order chi connectivity index (χ1) is 13.0. The van der Waals surface area contributed by atoms with Gasteiger partial charge in [0.15, 0.2) is 0 Å². The minimum atomic E-state index is -0.833. The lowest BCUT2D eigenvalue weighted by Gasteiger charge is -2.23. The van der Waals surface area contributed by atoms with E-state index in [0.717, 1.165) is 31.2 Å². The van der Waals surface area contributed by atoms with Gasteiger partial charge in [-0.15, -0.1) is 0 Å². The molecule has 27 heavy (non-hydrogen) atoms. The molecule has 1 aromatic carbocycles. The molecule has 2 rings (SSSR count). The number of aliphatic carboxylic acids is 1. The second-order valence-corrected chi connectivity index (χ2v) is 6.93. The largest absolute Gasteiger partial charge is 0.494 e. The first kappa shape index (κ1) is 20.7. The zero-order valence-corrected chi connectivity index (χ0v) is 15.7. The standard InChI is InChI=1S/C20H28N2O5/c1-14(23)22-19(16-5-2-3-6-16)20(26)21-13-15-8-10-17(11-9-15)27-12-4-7-18(24)25/h8-11,16,19H,2-7,12-13H2,1H3,(H,21,26)(H,22,23)(H,24,25). The number of ether oxygens (including phenoxy) is 1. The van der Waals surface area contributed by atoms with Gasteiger partial charge in [0, 0.05) is 19.9 Å². The highest BCUT2D eigenvalue weighted by Crippen LogP contribution is 2.28. The summed E-state index contributed by atoms with van der Waals surface area (Å²) in [6, 6.07) is 6.84. The van der Waals surface area contributed by atoms with Gasteiger partial charge in [-0.05, 0) is 42.9 Å². The van der Waals surface area contributed by atoms with E-state index < -0.39 is 12.0 Å². The van der Waals surface area contributed by atoms with E-state index in [1.54, 1.807) is 12.1 Å². The molecule has 148 valence electrons. The number of nitrogens with one attached hydrogen (secondary N) is 2. The third-order valence-electron chi connectivity index (χ3n) is 4.71. The Morgan fingerprint density at radius 3 is 2.44 bits per heavy atom. The minimum Gasteiger partial charge on any atom is -0.494 e. The Morgan fingerprint density at radius 2 is 1.85 bits per heavy atom. The van der Waals surface area contributed by atoms with E-state index in [0.29, 0.717) is 25.3 Å². The van der Waals surface area contributed by atoms with E-state index in [2.05, 4.69) is 10.6 Å². The number of hydrogen-bond acceptors (Lipinski definition) is 4. The van der Waals surface area contributed by atoms with E-state index in [1.807, 2.05) is 12.1 Å². The van der Waals surface area contributed by atoms with Gasteiger partial charge in [0.25, 0.3) is 0 Å². The van der Waals surface area contributed by atoms with Crippen molar-refractivity contribution in [1.29, 1.82) is 0 Å². The molecule has 1 atom stereocenters. The minimum absolute atomic E-state index is 0.0839. The normalized spacial score (nSPS) is 15.1. The monoisotopic (exact) mass is 376 g/mol. The van der Waals surface area contributed by atoms with Crippen LogP contribution in [0.2, 0.25) is 0 Å². The quantitative estimate of drug-likeness (QED) is 0.543. The molecule has 0 bridgehead atoms. The number of carbonyl (C=O) groups excluding carboxylic acids is 2. The molecule has 0 aromatic heterocycles. The molecule has 1 aliphatic carbocycles. The molecule has 7 nitrogen and oxygen atoms in total. The Kier molecular flexibility index (Phi) is 8.10. The lowest BCUT2D eigenvalue weighted by atomic mass is 9.97. The van der Waals surface area contributed by atoms with Crippen LogP contribution in [0.1, 0.15) is 51.0 Å². The molecule has 0 aliphatic heterocycles. The fourth-order valence-electron chi connectivity index (χ4n) is 3.32. The Bertz CT molecular complexity index is 638. The number of carbonyl (C=O) groups is 3. The Morgan fingerprint density at radius 1 is 1.19 bits per heavy atom. The lowest BCUT2D eigenvalue weighted by molar-refractivity contribution is -0.137. The fourth-order valence-corrected chi connectivity index (χ4v) is 3.32. The first-order valence-electron chi connectivity index (χ1n) is 9.44. The van der Waals surface area contributed by atoms with Crippen molar-refractivity contribution >= 4 is 17.8 Å². The van der Waals surface area contributed by atoms with Crippen LogP contribution in [-0.4, -0.2) is 35.5 Å². The van der Waals surface area contributed by atoms with E-state index in [4.69, 9.17) is 9.84 Å². The molecule has 7 heteroatoms. The van der Waals surface area contributed by atoms with Gasteiger partial charge in [-0.25, -0.2) is 0 Å². The molecule has 1 aromatic rings. The summed E-state index contributed by atoms with van der Waals surface area (Å²) in [5.74, 6) is -0.301. The molecule has 1 unspecified atom stereocenters. The smallest absolute Gasteiger partial charge is 0.303 e. The maximum Gasteiger partial charge on any atom is 0.303 e. The molecule has 1 aliphatic rings. The van der Waals surface area contributed by atoms with Crippen molar-refractivity contribution in [3.63, 3.8) is 0 Å². The van der Waals surface area contributed by atoms with Crippen LogP contribution in [0.15, 0.2) is 24.3 Å². The van der Waals surface area contributed by atoms with E-state index >= 15 is 0 Å². The van der Waals surface area contributed by atoms with Crippen LogP contribution in [0.25, 0.3) is 0 Å². The first-order valence-corrected chi connectivity index (χ1v) is 9.44. The zero-order valence-electron chi connectivity index (χ0n) is 15.7. The van der Waals surface area contributed by atoms with Crippen LogP contribution in [0, 0.1) is 5.92 Å². The second-order valence-electron chi connectivity index (χ2n) is 6.93. The zero-order chi connectivity index (χ0) is 19.6. The number of carboxylic acids is 1. The maximum atomic E-state index is 12.5. The molecule has 0 saturated heterocycles. The van der Waals surface area contributed by atoms with Gasteiger partial charge in [-0.1, -0.05) is 25.0 Å². The molecular weight excluding hydrogens is 348 g/mol. The van der Waals surface area contributed by atoms with Gasteiger partial charge < -0.3 is 20.5 Å². The van der Waals surface area contributed by atoms with Crippen molar-refractivity contribution < 1.29 is 24.2 Å². The van der Waals surface area contributed by atoms with Crippen LogP contribution < -0.4 is 15.4 Å². The number of hydrogen-bond donors (Lipinski definition) is 3. The summed E-state index contributed by atoms with van der Waals surface area (Å²) in [6.45, 7) is 2.16. The van der Waals surface area contributed by atoms with Crippen molar-refractivity contribution in [1.82, 2.24) is 10.6 Å². The van der Waals surface area contributed by atoms with E-state index in [-0.39, 0.29) is 24.2 Å². The van der Waals surface area contributed by atoms with Crippen molar-refractivity contribution in [2.24, 2.45) is 5.92 Å². The second kappa shape index (κ2) is 10.5. The summed E-state index contributed by atoms with van der Waals surface area (Å²) in [7, 11) is 0. The highest BCUT2D eigenvalue weighted by atomic mass is 16.5. The third kappa shape index (κ3) is 7.29. The molecule has 0 radical (unpaired) electrons. The molecular formula is C20H28N2O5. The van der Waals surface area contributed by atoms with Crippen molar-refractivity contribution in [2.45, 2.75) is 58.0 Å². The van der Waals surface area contributed by atoms with Crippen molar-refractivity contribution in [3.05, 3.63) is 29.8 Å². The van der Waals surface area contributed by atoms with Gasteiger partial charge in [-0.2, -0.15) is 0 Å². The summed E-state index contributed by atoms with van der Waals surface area (Å²) in [5.41, 5.74) is 0.925. The summed E-state index contributed by atoms with van der Waals surface area (Å²) >= 11 is 0. The maximum absolute atomic E-state index is 12.5. The predicted molar refractivity (Wildman–Crippen MR) is 100 cm³/mol. The number of benzene rings is 1. The highest BCUT2D eigenvalue weighted by Gasteiger charge is 2.31. The molecule has 2 amide bonds. The van der Waals surface area contributed by atoms with Gasteiger partial charge in [-0.3, -0.25) is 14.4 Å². The Hall–Kier alpha value is -2.57. The van der Waals surface area contributed by atoms with Crippen LogP contribution in [0.3, 0.4) is 0 Å². The number of carboxylic acid groups (broad SMARTS) is 1. The summed E-state index contributed by atoms with van der Waals surface area (Å²) in [4.78, 5) is 34.4. The van der Waals surface area contributed by atoms with Crippen LogP contribution in [-0.2, 0) is 20.9 Å². The lowest BCUT2D eigenvalue weighted by Crippen LogP contribution is -2.49. The summed E-state index contributed by atoms with van der Waals surface area (Å²) < 4.78 is 5.49. The molecule has 1 fully saturated rings. The molecule has 0 spiro atoms. The van der Waals surface area contributed by atoms with E-state index in [9.17, 15) is 14.4 Å². The highest BCUT2D eigenvalue weighted by molar-refractivity contribution is 5.87. The van der Waals surface area contributed by atoms with Gasteiger partial charge >= 0.3 is 5.97 Å². The Labute approximate surface area is 159 Å². The predicted octanol–water partition coefficient (Wildman–Crippen LogP) is 2.24. The topological polar surface area (TPSA) is 105 Å². The van der Waals surface area contributed by atoms with Crippen molar-refractivity contribution in [2.75, 3.05) is 6.61 Å². The third-order valence-corrected chi connectivity index (χ3v) is 4.71. The fraction of sp³-hybridized carbons (Fsp3) is 0.550. The number of amides is 2. The van der Waals surface area contributed by atoms with Gasteiger partial charge in [0.1, 0.15) is 11.8 Å². The average molecular weight is 376 g/mol. The van der Waals surface area contributed by atoms with Crippen molar-refractivity contribution in [3.8, 4) is 5.75 Å².